The average Bonchev–Trinajstić information content (AvgIpc) is 2.91. The minimum absolute atomic E-state index is 0.00167. The molecular weight excluding hydrogens is 286 g/mol. The van der Waals surface area contributed by atoms with Crippen molar-refractivity contribution in [1.29, 1.82) is 0 Å². The number of amides is 1. The van der Waals surface area contributed by atoms with Crippen LogP contribution in [-0.4, -0.2) is 18.1 Å². The predicted molar refractivity (Wildman–Crippen MR) is 82.3 cm³/mol. The normalized spacial score (nSPS) is 43.3. The number of ether oxygens (including phenoxy) is 1. The van der Waals surface area contributed by atoms with Crippen molar-refractivity contribution in [2.45, 2.75) is 38.7 Å². The van der Waals surface area contributed by atoms with Crippen molar-refractivity contribution in [2.75, 3.05) is 11.9 Å². The molecule has 1 heterocycles. The van der Waals surface area contributed by atoms with Crippen molar-refractivity contribution < 1.29 is 9.53 Å². The van der Waals surface area contributed by atoms with Crippen LogP contribution in [0.3, 0.4) is 0 Å². The van der Waals surface area contributed by atoms with Crippen LogP contribution in [0.15, 0.2) is 24.3 Å². The molecule has 3 nitrogen and oxygen atoms in total. The Morgan fingerprint density at radius 3 is 2.90 bits per heavy atom. The molecule has 3 aliphatic rings. The zero-order chi connectivity index (χ0) is 14.9. The molecule has 2 saturated carbocycles. The molecule has 1 saturated heterocycles. The molecule has 1 aromatic rings. The van der Waals surface area contributed by atoms with Crippen LogP contribution < -0.4 is 5.32 Å². The highest BCUT2D eigenvalue weighted by molar-refractivity contribution is 6.30. The van der Waals surface area contributed by atoms with Gasteiger partial charge >= 0.3 is 0 Å². The lowest BCUT2D eigenvalue weighted by Gasteiger charge is -2.40. The van der Waals surface area contributed by atoms with Crippen molar-refractivity contribution >= 4 is 23.2 Å². The van der Waals surface area contributed by atoms with E-state index in [9.17, 15) is 4.79 Å². The smallest absolute Gasteiger partial charge is 0.257 e. The van der Waals surface area contributed by atoms with Crippen molar-refractivity contribution in [2.24, 2.45) is 16.7 Å². The zero-order valence-corrected chi connectivity index (χ0v) is 13.2. The maximum absolute atomic E-state index is 13.0. The molecule has 21 heavy (non-hydrogen) atoms. The second kappa shape index (κ2) is 4.02. The largest absolute Gasteiger partial charge is 0.364 e. The van der Waals surface area contributed by atoms with Crippen LogP contribution in [0.5, 0.6) is 0 Å². The third-order valence-corrected chi connectivity index (χ3v) is 6.88. The molecule has 4 unspecified atom stereocenters. The number of hydrogen-bond acceptors (Lipinski definition) is 2. The molecule has 4 rings (SSSR count). The molecule has 2 aliphatic carbocycles. The molecule has 112 valence electrons. The molecule has 1 aromatic carbocycles. The SMILES string of the molecule is CC12COC3(C(=O)Nc4cccc(Cl)c4)CC1CCC32C. The van der Waals surface area contributed by atoms with Gasteiger partial charge in [-0.1, -0.05) is 31.5 Å². The molecule has 0 radical (unpaired) electrons. The number of anilines is 1. The Balaban J connectivity index is 1.66. The van der Waals surface area contributed by atoms with E-state index in [2.05, 4.69) is 19.2 Å². The summed E-state index contributed by atoms with van der Waals surface area (Å²) in [5.41, 5.74) is 0.185. The van der Waals surface area contributed by atoms with E-state index in [0.29, 0.717) is 17.5 Å². The van der Waals surface area contributed by atoms with Crippen LogP contribution in [0.4, 0.5) is 5.69 Å². The summed E-state index contributed by atoms with van der Waals surface area (Å²) in [7, 11) is 0. The highest BCUT2D eigenvalue weighted by Gasteiger charge is 2.78. The van der Waals surface area contributed by atoms with Gasteiger partial charge in [-0.25, -0.2) is 0 Å². The molecule has 0 aromatic heterocycles. The lowest BCUT2D eigenvalue weighted by Crippen LogP contribution is -2.52. The number of carbonyl (C=O) groups excluding carboxylic acids is 1. The first kappa shape index (κ1) is 13.6. The standard InChI is InChI=1S/C17H20ClNO2/c1-15-10-21-17(9-11(15)6-7-16(15,17)2)14(20)19-13-5-3-4-12(18)8-13/h3-5,8,11H,6-7,9-10H2,1-2H3,(H,19,20). The first-order chi connectivity index (χ1) is 9.91. The molecule has 1 amide bonds. The van der Waals surface area contributed by atoms with Gasteiger partial charge in [-0.15, -0.1) is 0 Å². The van der Waals surface area contributed by atoms with Gasteiger partial charge in [0.25, 0.3) is 5.91 Å². The topological polar surface area (TPSA) is 38.3 Å². The first-order valence-corrected chi connectivity index (χ1v) is 8.00. The third kappa shape index (κ3) is 1.46. The molecule has 4 heteroatoms. The Morgan fingerprint density at radius 2 is 2.24 bits per heavy atom. The Hall–Kier alpha value is -1.06. The van der Waals surface area contributed by atoms with Gasteiger partial charge in [0, 0.05) is 21.5 Å². The molecule has 3 fully saturated rings. The van der Waals surface area contributed by atoms with Gasteiger partial charge in [0.1, 0.15) is 0 Å². The van der Waals surface area contributed by atoms with E-state index >= 15 is 0 Å². The van der Waals surface area contributed by atoms with Crippen LogP contribution in [-0.2, 0) is 9.53 Å². The van der Waals surface area contributed by atoms with Crippen LogP contribution in [0, 0.1) is 16.7 Å². The summed E-state index contributed by atoms with van der Waals surface area (Å²) in [6, 6.07) is 7.29. The predicted octanol–water partition coefficient (Wildman–Crippen LogP) is 3.87. The van der Waals surface area contributed by atoms with E-state index < -0.39 is 5.60 Å². The van der Waals surface area contributed by atoms with Gasteiger partial charge in [0.2, 0.25) is 0 Å². The minimum Gasteiger partial charge on any atom is -0.364 e. The molecule has 1 N–H and O–H groups in total. The van der Waals surface area contributed by atoms with Gasteiger partial charge in [-0.3, -0.25) is 4.79 Å². The van der Waals surface area contributed by atoms with Crippen molar-refractivity contribution in [1.82, 2.24) is 0 Å². The Labute approximate surface area is 130 Å². The van der Waals surface area contributed by atoms with E-state index in [1.54, 1.807) is 12.1 Å². The van der Waals surface area contributed by atoms with Gasteiger partial charge < -0.3 is 10.1 Å². The van der Waals surface area contributed by atoms with Crippen molar-refractivity contribution in [3.05, 3.63) is 29.3 Å². The molecule has 4 atom stereocenters. The highest BCUT2D eigenvalue weighted by Crippen LogP contribution is 2.75. The van der Waals surface area contributed by atoms with Gasteiger partial charge in [0.05, 0.1) is 6.61 Å². The van der Waals surface area contributed by atoms with Crippen LogP contribution in [0.1, 0.15) is 33.1 Å². The van der Waals surface area contributed by atoms with Crippen LogP contribution in [0.25, 0.3) is 0 Å². The maximum atomic E-state index is 13.0. The van der Waals surface area contributed by atoms with Gasteiger partial charge in [-0.05, 0) is 43.4 Å². The molecule has 4 bridgehead atoms. The summed E-state index contributed by atoms with van der Waals surface area (Å²) in [4.78, 5) is 13.0. The Morgan fingerprint density at radius 1 is 1.43 bits per heavy atom. The lowest BCUT2D eigenvalue weighted by atomic mass is 9.66. The third-order valence-electron chi connectivity index (χ3n) is 6.65. The molecule has 1 aliphatic heterocycles. The summed E-state index contributed by atoms with van der Waals surface area (Å²) in [5.74, 6) is 0.611. The first-order valence-electron chi connectivity index (χ1n) is 7.62. The fraction of sp³-hybridized carbons (Fsp3) is 0.588. The van der Waals surface area contributed by atoms with Crippen LogP contribution >= 0.6 is 11.6 Å². The van der Waals surface area contributed by atoms with Crippen molar-refractivity contribution in [3.63, 3.8) is 0 Å². The maximum Gasteiger partial charge on any atom is 0.257 e. The van der Waals surface area contributed by atoms with Gasteiger partial charge in [-0.2, -0.15) is 0 Å². The van der Waals surface area contributed by atoms with E-state index in [0.717, 1.165) is 18.5 Å². The van der Waals surface area contributed by atoms with Crippen molar-refractivity contribution in [3.8, 4) is 0 Å². The fourth-order valence-electron chi connectivity index (χ4n) is 5.06. The van der Waals surface area contributed by atoms with E-state index in [-0.39, 0.29) is 16.7 Å². The summed E-state index contributed by atoms with van der Waals surface area (Å²) < 4.78 is 6.10. The Bertz CT molecular complexity index is 633. The Kier molecular flexibility index (Phi) is 2.60. The minimum atomic E-state index is -0.660. The summed E-state index contributed by atoms with van der Waals surface area (Å²) >= 11 is 5.99. The fourth-order valence-corrected chi connectivity index (χ4v) is 5.25. The molecular formula is C17H20ClNO2. The number of hydrogen-bond donors (Lipinski definition) is 1. The van der Waals surface area contributed by atoms with E-state index in [1.165, 1.54) is 6.42 Å². The van der Waals surface area contributed by atoms with E-state index in [4.69, 9.17) is 16.3 Å². The van der Waals surface area contributed by atoms with Crippen LogP contribution in [0.2, 0.25) is 5.02 Å². The summed E-state index contributed by atoms with van der Waals surface area (Å²) in [6.07, 6.45) is 3.16. The highest BCUT2D eigenvalue weighted by atomic mass is 35.5. The number of halogens is 1. The quantitative estimate of drug-likeness (QED) is 0.900. The zero-order valence-electron chi connectivity index (χ0n) is 12.4. The average molecular weight is 306 g/mol. The number of benzene rings is 1. The summed E-state index contributed by atoms with van der Waals surface area (Å²) in [6.45, 7) is 5.24. The lowest BCUT2D eigenvalue weighted by molar-refractivity contribution is -0.149. The number of rotatable bonds is 2. The van der Waals surface area contributed by atoms with E-state index in [1.807, 2.05) is 12.1 Å². The molecule has 0 spiro atoms. The second-order valence-electron chi connectivity index (χ2n) is 7.27. The number of nitrogens with one attached hydrogen (secondary N) is 1. The second-order valence-corrected chi connectivity index (χ2v) is 7.71. The number of carbonyl (C=O) groups is 1. The summed E-state index contributed by atoms with van der Waals surface area (Å²) in [5, 5.41) is 3.65. The monoisotopic (exact) mass is 305 g/mol. The van der Waals surface area contributed by atoms with Gasteiger partial charge in [0.15, 0.2) is 5.60 Å².